The lowest BCUT2D eigenvalue weighted by atomic mass is 10.1. The van der Waals surface area contributed by atoms with Gasteiger partial charge in [-0.2, -0.15) is 13.2 Å². The van der Waals surface area contributed by atoms with Crippen molar-refractivity contribution in [2.24, 2.45) is 0 Å². The lowest BCUT2D eigenvalue weighted by Crippen LogP contribution is -2.07. The first-order chi connectivity index (χ1) is 9.86. The van der Waals surface area contributed by atoms with Crippen LogP contribution in [0.4, 0.5) is 13.2 Å². The number of pyridine rings is 1. The molecule has 0 saturated heterocycles. The van der Waals surface area contributed by atoms with E-state index in [1.54, 1.807) is 24.3 Å². The summed E-state index contributed by atoms with van der Waals surface area (Å²) in [6, 6.07) is 7.86. The number of aromatic nitrogens is 2. The number of hydrogen-bond donors (Lipinski definition) is 0. The number of rotatable bonds is 1. The van der Waals surface area contributed by atoms with E-state index in [-0.39, 0.29) is 22.5 Å². The van der Waals surface area contributed by atoms with Crippen LogP contribution in [0, 0.1) is 6.92 Å². The molecule has 0 aliphatic heterocycles. The van der Waals surface area contributed by atoms with E-state index < -0.39 is 11.7 Å². The summed E-state index contributed by atoms with van der Waals surface area (Å²) in [6.45, 7) is 1.46. The summed E-state index contributed by atoms with van der Waals surface area (Å²) in [5, 5.41) is 3.48. The van der Waals surface area contributed by atoms with Gasteiger partial charge in [0.1, 0.15) is 0 Å². The van der Waals surface area contributed by atoms with Gasteiger partial charge in [0, 0.05) is 10.0 Å². The van der Waals surface area contributed by atoms with Crippen molar-refractivity contribution in [1.82, 2.24) is 10.1 Å². The van der Waals surface area contributed by atoms with E-state index in [2.05, 4.69) is 26.1 Å². The fourth-order valence-electron chi connectivity index (χ4n) is 2.09. The fourth-order valence-corrected chi connectivity index (χ4v) is 2.35. The number of halogens is 4. The number of aryl methyl sites for hydroxylation is 1. The van der Waals surface area contributed by atoms with Crippen molar-refractivity contribution in [2.45, 2.75) is 13.1 Å². The normalized spacial score (nSPS) is 12.0. The number of benzene rings is 1. The van der Waals surface area contributed by atoms with Crippen LogP contribution in [0.25, 0.3) is 22.4 Å². The van der Waals surface area contributed by atoms with Gasteiger partial charge in [0.05, 0.1) is 22.3 Å². The Balaban J connectivity index is 2.28. The Kier molecular flexibility index (Phi) is 3.24. The van der Waals surface area contributed by atoms with E-state index in [1.165, 1.54) is 6.92 Å². The Labute approximate surface area is 125 Å². The molecule has 0 fully saturated rings. The number of nitrogens with zero attached hydrogens (tertiary/aromatic N) is 2. The van der Waals surface area contributed by atoms with E-state index in [4.69, 9.17) is 4.52 Å². The monoisotopic (exact) mass is 356 g/mol. The molecule has 108 valence electrons. The van der Waals surface area contributed by atoms with E-state index in [9.17, 15) is 13.2 Å². The van der Waals surface area contributed by atoms with Crippen molar-refractivity contribution in [3.05, 3.63) is 46.1 Å². The van der Waals surface area contributed by atoms with Crippen LogP contribution in [-0.2, 0) is 6.18 Å². The maximum Gasteiger partial charge on any atom is 0.417 e. The lowest BCUT2D eigenvalue weighted by molar-refractivity contribution is -0.136. The topological polar surface area (TPSA) is 38.9 Å². The Morgan fingerprint density at radius 2 is 1.81 bits per heavy atom. The summed E-state index contributed by atoms with van der Waals surface area (Å²) in [7, 11) is 0. The summed E-state index contributed by atoms with van der Waals surface area (Å²) >= 11 is 3.28. The van der Waals surface area contributed by atoms with Crippen LogP contribution in [-0.4, -0.2) is 10.1 Å². The third-order valence-electron chi connectivity index (χ3n) is 3.06. The van der Waals surface area contributed by atoms with Crippen LogP contribution in [0.3, 0.4) is 0 Å². The minimum atomic E-state index is -4.50. The first kappa shape index (κ1) is 14.1. The molecule has 0 bridgehead atoms. The highest BCUT2D eigenvalue weighted by Crippen LogP contribution is 2.38. The van der Waals surface area contributed by atoms with Crippen LogP contribution in [0.15, 0.2) is 39.3 Å². The largest absolute Gasteiger partial charge is 0.417 e. The van der Waals surface area contributed by atoms with Gasteiger partial charge in [-0.15, -0.1) is 0 Å². The van der Waals surface area contributed by atoms with Gasteiger partial charge in [-0.05, 0) is 25.1 Å². The molecule has 0 saturated carbocycles. The second-order valence-corrected chi connectivity index (χ2v) is 5.42. The Morgan fingerprint density at radius 1 is 1.14 bits per heavy atom. The average Bonchev–Trinajstić information content (AvgIpc) is 2.79. The molecule has 1 aromatic carbocycles. The van der Waals surface area contributed by atoms with Crippen molar-refractivity contribution in [3.63, 3.8) is 0 Å². The SMILES string of the molecule is Cc1noc2nc(-c3ccc(Br)cc3)cc(C(F)(F)F)c12. The zero-order chi connectivity index (χ0) is 15.2. The molecule has 0 aliphatic rings. The van der Waals surface area contributed by atoms with Gasteiger partial charge in [-0.1, -0.05) is 33.2 Å². The molecule has 0 spiro atoms. The molecule has 2 aromatic heterocycles. The minimum Gasteiger partial charge on any atom is -0.336 e. The van der Waals surface area contributed by atoms with Crippen LogP contribution in [0.2, 0.25) is 0 Å². The molecule has 0 atom stereocenters. The zero-order valence-corrected chi connectivity index (χ0v) is 12.3. The Hall–Kier alpha value is -1.89. The van der Waals surface area contributed by atoms with Crippen LogP contribution in [0.5, 0.6) is 0 Å². The molecule has 0 amide bonds. The van der Waals surface area contributed by atoms with Crippen molar-refractivity contribution in [3.8, 4) is 11.3 Å². The molecule has 0 radical (unpaired) electrons. The molecule has 2 heterocycles. The predicted molar refractivity (Wildman–Crippen MR) is 74.7 cm³/mol. The van der Waals surface area contributed by atoms with E-state index >= 15 is 0 Å². The summed E-state index contributed by atoms with van der Waals surface area (Å²) in [5.74, 6) is 0. The van der Waals surface area contributed by atoms with Crippen LogP contribution in [0.1, 0.15) is 11.3 Å². The third-order valence-corrected chi connectivity index (χ3v) is 3.59. The van der Waals surface area contributed by atoms with Gasteiger partial charge < -0.3 is 4.52 Å². The molecule has 21 heavy (non-hydrogen) atoms. The zero-order valence-electron chi connectivity index (χ0n) is 10.7. The molecule has 3 nitrogen and oxygen atoms in total. The van der Waals surface area contributed by atoms with Crippen LogP contribution >= 0.6 is 15.9 Å². The number of hydrogen-bond acceptors (Lipinski definition) is 3. The summed E-state index contributed by atoms with van der Waals surface area (Å²) in [4.78, 5) is 4.13. The molecular weight excluding hydrogens is 349 g/mol. The summed E-state index contributed by atoms with van der Waals surface area (Å²) < 4.78 is 45.4. The standard InChI is InChI=1S/C14H8BrF3N2O/c1-7-12-10(14(16,17)18)6-11(19-13(12)21-20-7)8-2-4-9(15)5-3-8/h2-6H,1H3. The van der Waals surface area contributed by atoms with Gasteiger partial charge in [-0.3, -0.25) is 0 Å². The highest BCUT2D eigenvalue weighted by atomic mass is 79.9. The predicted octanol–water partition coefficient (Wildman–Crippen LogP) is 4.98. The molecule has 3 rings (SSSR count). The molecule has 7 heteroatoms. The minimum absolute atomic E-state index is 0.0941. The van der Waals surface area contributed by atoms with Gasteiger partial charge in [0.25, 0.3) is 5.71 Å². The third kappa shape index (κ3) is 2.53. The van der Waals surface area contributed by atoms with E-state index in [1.807, 2.05) is 0 Å². The maximum absolute atomic E-state index is 13.2. The summed E-state index contributed by atoms with van der Waals surface area (Å²) in [5.41, 5.74) is 0.0368. The number of alkyl halides is 3. The van der Waals surface area contributed by atoms with Crippen molar-refractivity contribution in [2.75, 3.05) is 0 Å². The van der Waals surface area contributed by atoms with Crippen molar-refractivity contribution < 1.29 is 17.7 Å². The Morgan fingerprint density at radius 3 is 2.43 bits per heavy atom. The van der Waals surface area contributed by atoms with E-state index in [0.717, 1.165) is 10.5 Å². The average molecular weight is 357 g/mol. The smallest absolute Gasteiger partial charge is 0.336 e. The highest BCUT2D eigenvalue weighted by molar-refractivity contribution is 9.10. The van der Waals surface area contributed by atoms with Crippen molar-refractivity contribution >= 4 is 27.0 Å². The van der Waals surface area contributed by atoms with Gasteiger partial charge in [-0.25, -0.2) is 4.98 Å². The molecular formula is C14H8BrF3N2O. The Bertz CT molecular complexity index is 809. The molecule has 3 aromatic rings. The maximum atomic E-state index is 13.2. The van der Waals surface area contributed by atoms with Gasteiger partial charge >= 0.3 is 6.18 Å². The molecule has 0 unspecified atom stereocenters. The van der Waals surface area contributed by atoms with Gasteiger partial charge in [0.15, 0.2) is 0 Å². The first-order valence-corrected chi connectivity index (χ1v) is 6.76. The van der Waals surface area contributed by atoms with Crippen molar-refractivity contribution in [1.29, 1.82) is 0 Å². The summed E-state index contributed by atoms with van der Waals surface area (Å²) in [6.07, 6.45) is -4.50. The quantitative estimate of drug-likeness (QED) is 0.617. The second-order valence-electron chi connectivity index (χ2n) is 4.51. The highest BCUT2D eigenvalue weighted by Gasteiger charge is 2.35. The van der Waals surface area contributed by atoms with E-state index in [0.29, 0.717) is 5.56 Å². The number of fused-ring (bicyclic) bond motifs is 1. The molecule has 0 N–H and O–H groups in total. The van der Waals surface area contributed by atoms with Crippen LogP contribution < -0.4 is 0 Å². The second kappa shape index (κ2) is 4.84. The fraction of sp³-hybridized carbons (Fsp3) is 0.143. The molecule has 0 aliphatic carbocycles. The first-order valence-electron chi connectivity index (χ1n) is 5.96. The van der Waals surface area contributed by atoms with Gasteiger partial charge in [0.2, 0.25) is 0 Å². The lowest BCUT2D eigenvalue weighted by Gasteiger charge is -2.10.